The molecule has 234 valence electrons. The van der Waals surface area contributed by atoms with Crippen LogP contribution >= 0.6 is 0 Å². The van der Waals surface area contributed by atoms with Crippen LogP contribution in [0.25, 0.3) is 22.3 Å². The van der Waals surface area contributed by atoms with Crippen molar-refractivity contribution in [1.82, 2.24) is 0 Å². The Bertz CT molecular complexity index is 1540. The Hall–Kier alpha value is -3.71. The van der Waals surface area contributed by atoms with Gasteiger partial charge in [0.2, 0.25) is 23.2 Å². The van der Waals surface area contributed by atoms with Gasteiger partial charge in [-0.2, -0.15) is 0 Å². The second-order valence-electron chi connectivity index (χ2n) is 10.2. The number of aromatic hydroxyl groups is 4. The van der Waals surface area contributed by atoms with Gasteiger partial charge < -0.3 is 74.4 Å². The molecule has 0 saturated carbocycles. The second kappa shape index (κ2) is 11.8. The average Bonchev–Trinajstić information content (AvgIpc) is 2.98. The largest absolute Gasteiger partial charge is 0.508 e. The molecule has 16 nitrogen and oxygen atoms in total. The van der Waals surface area contributed by atoms with Crippen LogP contribution in [0.2, 0.25) is 0 Å². The van der Waals surface area contributed by atoms with Gasteiger partial charge in [0, 0.05) is 6.07 Å². The fourth-order valence-electron chi connectivity index (χ4n) is 4.89. The maximum Gasteiger partial charge on any atom is 0.235 e. The third-order valence-corrected chi connectivity index (χ3v) is 7.37. The first-order valence-electron chi connectivity index (χ1n) is 13.0. The summed E-state index contributed by atoms with van der Waals surface area (Å²) in [4.78, 5) is 13.7. The minimum atomic E-state index is -1.91. The molecule has 2 fully saturated rings. The molecule has 3 aromatic rings. The summed E-state index contributed by atoms with van der Waals surface area (Å²) in [6.45, 7) is 0.541. The lowest BCUT2D eigenvalue weighted by Crippen LogP contribution is -2.64. The van der Waals surface area contributed by atoms with Crippen molar-refractivity contribution < 1.29 is 74.4 Å². The highest BCUT2D eigenvalue weighted by atomic mass is 16.8. The number of ether oxygens (including phenoxy) is 4. The SMILES string of the molecule is C[C@@H]1O[C@@H](O[C@H]2[C@H](Oc3c(-c4ccc(O)c(O)c4O)oc4cc(O)ccc4c3=O)O[C@H](CO)[C@@H](O)[C@@H]2O)[C@H](O)[C@H](O)[C@H]1O. The lowest BCUT2D eigenvalue weighted by molar-refractivity contribution is -0.354. The zero-order chi connectivity index (χ0) is 31.3. The monoisotopic (exact) mass is 610 g/mol. The first kappa shape index (κ1) is 30.7. The van der Waals surface area contributed by atoms with Crippen molar-refractivity contribution in [3.8, 4) is 40.1 Å². The van der Waals surface area contributed by atoms with Gasteiger partial charge in [0.1, 0.15) is 48.0 Å². The van der Waals surface area contributed by atoms with Gasteiger partial charge in [0.05, 0.1) is 23.7 Å². The maximum absolute atomic E-state index is 13.7. The van der Waals surface area contributed by atoms with Gasteiger partial charge in [-0.1, -0.05) is 0 Å². The number of rotatable bonds is 6. The zero-order valence-corrected chi connectivity index (χ0v) is 22.3. The third kappa shape index (κ3) is 5.44. The van der Waals surface area contributed by atoms with Gasteiger partial charge >= 0.3 is 0 Å². The van der Waals surface area contributed by atoms with E-state index in [1.807, 2.05) is 0 Å². The van der Waals surface area contributed by atoms with Crippen LogP contribution in [0.1, 0.15) is 6.92 Å². The van der Waals surface area contributed by atoms with E-state index in [4.69, 9.17) is 23.4 Å². The Balaban J connectivity index is 1.62. The van der Waals surface area contributed by atoms with Crippen molar-refractivity contribution in [3.63, 3.8) is 0 Å². The molecule has 0 bridgehead atoms. The molecule has 5 rings (SSSR count). The molecule has 10 atom stereocenters. The van der Waals surface area contributed by atoms with Crippen LogP contribution in [-0.2, 0) is 14.2 Å². The highest BCUT2D eigenvalue weighted by Gasteiger charge is 2.51. The second-order valence-corrected chi connectivity index (χ2v) is 10.2. The van der Waals surface area contributed by atoms with Gasteiger partial charge in [-0.3, -0.25) is 4.79 Å². The predicted octanol–water partition coefficient (Wildman–Crippen LogP) is -1.69. The van der Waals surface area contributed by atoms with Gasteiger partial charge in [-0.15, -0.1) is 0 Å². The van der Waals surface area contributed by atoms with E-state index < -0.39 is 102 Å². The summed E-state index contributed by atoms with van der Waals surface area (Å²) in [5.41, 5.74) is -1.45. The van der Waals surface area contributed by atoms with E-state index in [1.165, 1.54) is 19.1 Å². The first-order chi connectivity index (χ1) is 20.3. The Morgan fingerprint density at radius 1 is 0.814 bits per heavy atom. The lowest BCUT2D eigenvalue weighted by Gasteiger charge is -2.45. The minimum Gasteiger partial charge on any atom is -0.508 e. The van der Waals surface area contributed by atoms with Crippen LogP contribution in [-0.4, -0.2) is 119 Å². The van der Waals surface area contributed by atoms with E-state index >= 15 is 0 Å². The Kier molecular flexibility index (Phi) is 8.41. The number of aliphatic hydroxyl groups is 6. The molecule has 1 aromatic heterocycles. The Morgan fingerprint density at radius 2 is 1.53 bits per heavy atom. The molecular weight excluding hydrogens is 580 g/mol. The molecular formula is C27H30O16. The van der Waals surface area contributed by atoms with Crippen molar-refractivity contribution in [2.24, 2.45) is 0 Å². The molecule has 10 N–H and O–H groups in total. The fourth-order valence-corrected chi connectivity index (χ4v) is 4.89. The molecule has 2 saturated heterocycles. The molecule has 2 aliphatic rings. The Labute approximate surface area is 241 Å². The average molecular weight is 611 g/mol. The normalized spacial score (nSPS) is 33.0. The topological polar surface area (TPSA) is 269 Å². The molecule has 0 aliphatic carbocycles. The summed E-state index contributed by atoms with van der Waals surface area (Å²) >= 11 is 0. The standard InChI is InChI=1S/C27H30O16/c1-8-15(31)20(36)22(38)26(39-8)43-25-21(37)19(35)14(7-28)41-27(25)42-24-17(33)10-3-2-9(29)6-13(10)40-23(24)11-4-5-12(30)18(34)16(11)32/h2-6,8,14-15,19-22,25-32,34-38H,7H2,1H3/t8-,14+,15-,19+,20+,21-,22+,25+,26-,27-/m0/s1. The van der Waals surface area contributed by atoms with Crippen molar-refractivity contribution in [2.45, 2.75) is 68.3 Å². The number of hydrogen-bond acceptors (Lipinski definition) is 16. The molecule has 0 unspecified atom stereocenters. The van der Waals surface area contributed by atoms with E-state index in [9.17, 15) is 55.9 Å². The Morgan fingerprint density at radius 3 is 2.23 bits per heavy atom. The first-order valence-corrected chi connectivity index (χ1v) is 13.0. The highest BCUT2D eigenvalue weighted by molar-refractivity contribution is 5.85. The molecule has 16 heteroatoms. The fraction of sp³-hybridized carbons (Fsp3) is 0.444. The molecule has 2 aliphatic heterocycles. The van der Waals surface area contributed by atoms with E-state index in [1.54, 1.807) is 0 Å². The zero-order valence-electron chi connectivity index (χ0n) is 22.3. The van der Waals surface area contributed by atoms with Crippen LogP contribution in [0.15, 0.2) is 39.5 Å². The molecule has 2 aromatic carbocycles. The van der Waals surface area contributed by atoms with Gasteiger partial charge in [0.25, 0.3) is 0 Å². The molecule has 3 heterocycles. The smallest absolute Gasteiger partial charge is 0.235 e. The van der Waals surface area contributed by atoms with Crippen LogP contribution in [0, 0.1) is 0 Å². The molecule has 0 amide bonds. The minimum absolute atomic E-state index is 0.136. The van der Waals surface area contributed by atoms with Crippen molar-refractivity contribution in [1.29, 1.82) is 0 Å². The number of phenolic OH excluding ortho intramolecular Hbond substituents is 4. The number of fused-ring (bicyclic) bond motifs is 1. The molecule has 0 spiro atoms. The number of benzene rings is 2. The summed E-state index contributed by atoms with van der Waals surface area (Å²) in [5, 5.41) is 102. The van der Waals surface area contributed by atoms with E-state index in [0.29, 0.717) is 0 Å². The van der Waals surface area contributed by atoms with Crippen LogP contribution in [0.4, 0.5) is 0 Å². The number of hydrogen-bond donors (Lipinski definition) is 10. The van der Waals surface area contributed by atoms with Crippen molar-refractivity contribution in [3.05, 3.63) is 40.6 Å². The third-order valence-electron chi connectivity index (χ3n) is 7.37. The van der Waals surface area contributed by atoms with Crippen molar-refractivity contribution >= 4 is 11.0 Å². The summed E-state index contributed by atoms with van der Waals surface area (Å²) in [5.74, 6) is -4.12. The summed E-state index contributed by atoms with van der Waals surface area (Å²) in [6.07, 6.45) is -16.7. The van der Waals surface area contributed by atoms with Crippen molar-refractivity contribution in [2.75, 3.05) is 6.61 Å². The number of phenols is 4. The quantitative estimate of drug-likeness (QED) is 0.140. The van der Waals surface area contributed by atoms with E-state index in [-0.39, 0.29) is 22.3 Å². The van der Waals surface area contributed by atoms with Crippen LogP contribution < -0.4 is 10.2 Å². The lowest BCUT2D eigenvalue weighted by atomic mass is 9.97. The van der Waals surface area contributed by atoms with Crippen LogP contribution in [0.5, 0.6) is 28.7 Å². The summed E-state index contributed by atoms with van der Waals surface area (Å²) in [6, 6.07) is 5.53. The van der Waals surface area contributed by atoms with Crippen LogP contribution in [0.3, 0.4) is 0 Å². The molecule has 43 heavy (non-hydrogen) atoms. The van der Waals surface area contributed by atoms with E-state index in [2.05, 4.69) is 0 Å². The highest BCUT2D eigenvalue weighted by Crippen LogP contribution is 2.45. The maximum atomic E-state index is 13.7. The number of aliphatic hydroxyl groups excluding tert-OH is 6. The van der Waals surface area contributed by atoms with Gasteiger partial charge in [-0.25, -0.2) is 0 Å². The predicted molar refractivity (Wildman–Crippen MR) is 140 cm³/mol. The van der Waals surface area contributed by atoms with Gasteiger partial charge in [-0.05, 0) is 31.2 Å². The van der Waals surface area contributed by atoms with E-state index in [0.717, 1.165) is 18.2 Å². The summed E-state index contributed by atoms with van der Waals surface area (Å²) < 4.78 is 28.3. The van der Waals surface area contributed by atoms with Gasteiger partial charge in [0.15, 0.2) is 29.7 Å². The molecule has 0 radical (unpaired) electrons. The summed E-state index contributed by atoms with van der Waals surface area (Å²) in [7, 11) is 0.